The maximum Gasteiger partial charge on any atom is 0.354 e. The van der Waals surface area contributed by atoms with Crippen LogP contribution in [0.15, 0.2) is 18.2 Å². The van der Waals surface area contributed by atoms with E-state index in [1.54, 1.807) is 6.07 Å². The topological polar surface area (TPSA) is 62.7 Å². The molecule has 5 nitrogen and oxygen atoms in total. The van der Waals surface area contributed by atoms with Crippen LogP contribution in [0.1, 0.15) is 30.8 Å². The van der Waals surface area contributed by atoms with Crippen LogP contribution < -0.4 is 4.90 Å². The zero-order valence-electron chi connectivity index (χ0n) is 10.7. The van der Waals surface area contributed by atoms with Gasteiger partial charge in [-0.25, -0.2) is 9.78 Å². The summed E-state index contributed by atoms with van der Waals surface area (Å²) < 4.78 is 5.76. The van der Waals surface area contributed by atoms with Gasteiger partial charge in [0.25, 0.3) is 0 Å². The quantitative estimate of drug-likeness (QED) is 0.886. The molecule has 1 fully saturated rings. The van der Waals surface area contributed by atoms with E-state index in [4.69, 9.17) is 9.84 Å². The highest BCUT2D eigenvalue weighted by Crippen LogP contribution is 2.24. The van der Waals surface area contributed by atoms with E-state index >= 15 is 0 Å². The standard InChI is InChI=1S/C13H18N2O3/c1-3-13(2)9-15(7-8-18-13)11-6-4-5-10(14-11)12(16)17/h4-6H,3,7-9H2,1-2H3,(H,16,17). The van der Waals surface area contributed by atoms with Gasteiger partial charge in [0.05, 0.1) is 12.2 Å². The van der Waals surface area contributed by atoms with Crippen molar-refractivity contribution >= 4 is 11.8 Å². The lowest BCUT2D eigenvalue weighted by molar-refractivity contribution is -0.0443. The smallest absolute Gasteiger partial charge is 0.354 e. The lowest BCUT2D eigenvalue weighted by Crippen LogP contribution is -2.50. The summed E-state index contributed by atoms with van der Waals surface area (Å²) in [6.45, 7) is 6.28. The second kappa shape index (κ2) is 4.94. The van der Waals surface area contributed by atoms with Crippen LogP contribution >= 0.6 is 0 Å². The van der Waals surface area contributed by atoms with Gasteiger partial charge in [-0.3, -0.25) is 0 Å². The minimum atomic E-state index is -0.997. The number of pyridine rings is 1. The minimum absolute atomic E-state index is 0.0807. The molecule has 1 atom stereocenters. The summed E-state index contributed by atoms with van der Waals surface area (Å²) in [6.07, 6.45) is 0.919. The lowest BCUT2D eigenvalue weighted by atomic mass is 10.0. The fourth-order valence-electron chi connectivity index (χ4n) is 2.06. The zero-order valence-corrected chi connectivity index (χ0v) is 10.7. The number of ether oxygens (including phenoxy) is 1. The van der Waals surface area contributed by atoms with Crippen molar-refractivity contribution in [1.82, 2.24) is 4.98 Å². The Bertz CT molecular complexity index is 450. The number of nitrogens with zero attached hydrogens (tertiary/aromatic N) is 2. The maximum atomic E-state index is 10.9. The van der Waals surface area contributed by atoms with Gasteiger partial charge in [0.15, 0.2) is 5.69 Å². The SMILES string of the molecule is CCC1(C)CN(c2cccc(C(=O)O)n2)CCO1. The van der Waals surface area contributed by atoms with Crippen LogP contribution in [0.2, 0.25) is 0 Å². The molecule has 1 aliphatic heterocycles. The Kier molecular flexibility index (Phi) is 3.52. The van der Waals surface area contributed by atoms with Crippen LogP contribution in [0.5, 0.6) is 0 Å². The molecule has 0 spiro atoms. The first-order valence-corrected chi connectivity index (χ1v) is 6.13. The summed E-state index contributed by atoms with van der Waals surface area (Å²) in [5.74, 6) is -0.291. The van der Waals surface area contributed by atoms with Gasteiger partial charge >= 0.3 is 5.97 Å². The molecule has 0 bridgehead atoms. The Morgan fingerprint density at radius 2 is 2.39 bits per heavy atom. The number of aromatic carboxylic acids is 1. The third kappa shape index (κ3) is 2.61. The van der Waals surface area contributed by atoms with Crippen molar-refractivity contribution in [3.63, 3.8) is 0 Å². The van der Waals surface area contributed by atoms with Crippen molar-refractivity contribution in [2.24, 2.45) is 0 Å². The summed E-state index contributed by atoms with van der Waals surface area (Å²) in [6, 6.07) is 5.07. The molecule has 1 saturated heterocycles. The molecule has 0 radical (unpaired) electrons. The highest BCUT2D eigenvalue weighted by Gasteiger charge is 2.31. The van der Waals surface area contributed by atoms with Crippen molar-refractivity contribution in [2.45, 2.75) is 25.9 Å². The molecule has 98 valence electrons. The number of carboxylic acid groups (broad SMARTS) is 1. The molecule has 1 aromatic rings. The normalized spacial score (nSPS) is 24.0. The number of anilines is 1. The second-order valence-corrected chi connectivity index (χ2v) is 4.76. The third-order valence-corrected chi connectivity index (χ3v) is 3.36. The molecule has 0 aliphatic carbocycles. The van der Waals surface area contributed by atoms with Crippen LogP contribution in [0.25, 0.3) is 0 Å². The van der Waals surface area contributed by atoms with E-state index in [-0.39, 0.29) is 11.3 Å². The highest BCUT2D eigenvalue weighted by atomic mass is 16.5. The molecule has 1 aliphatic rings. The number of carbonyl (C=O) groups is 1. The number of aromatic nitrogens is 1. The van der Waals surface area contributed by atoms with E-state index in [1.165, 1.54) is 6.07 Å². The minimum Gasteiger partial charge on any atom is -0.477 e. The monoisotopic (exact) mass is 250 g/mol. The van der Waals surface area contributed by atoms with Gasteiger partial charge in [-0.1, -0.05) is 13.0 Å². The molecule has 5 heteroatoms. The first-order valence-electron chi connectivity index (χ1n) is 6.13. The fraction of sp³-hybridized carbons (Fsp3) is 0.538. The summed E-state index contributed by atoms with van der Waals surface area (Å²) >= 11 is 0. The molecule has 0 aromatic carbocycles. The van der Waals surface area contributed by atoms with Crippen LogP contribution in [0, 0.1) is 0 Å². The van der Waals surface area contributed by atoms with Gasteiger partial charge in [0, 0.05) is 13.1 Å². The molecule has 0 amide bonds. The van der Waals surface area contributed by atoms with Crippen LogP contribution in [-0.4, -0.2) is 41.4 Å². The molecule has 1 N–H and O–H groups in total. The van der Waals surface area contributed by atoms with Crippen LogP contribution in [-0.2, 0) is 4.74 Å². The molecule has 1 aromatic heterocycles. The Morgan fingerprint density at radius 3 is 3.06 bits per heavy atom. The van der Waals surface area contributed by atoms with E-state index in [2.05, 4.69) is 23.7 Å². The molecule has 0 saturated carbocycles. The van der Waals surface area contributed by atoms with E-state index in [0.29, 0.717) is 12.4 Å². The summed E-state index contributed by atoms with van der Waals surface area (Å²) in [7, 11) is 0. The van der Waals surface area contributed by atoms with Gasteiger partial charge in [0.2, 0.25) is 0 Å². The molecule has 1 unspecified atom stereocenters. The largest absolute Gasteiger partial charge is 0.477 e. The predicted octanol–water partition coefficient (Wildman–Crippen LogP) is 1.79. The third-order valence-electron chi connectivity index (χ3n) is 3.36. The van der Waals surface area contributed by atoms with Crippen LogP contribution in [0.3, 0.4) is 0 Å². The van der Waals surface area contributed by atoms with Crippen LogP contribution in [0.4, 0.5) is 5.82 Å². The first kappa shape index (κ1) is 12.8. The summed E-state index contributed by atoms with van der Waals surface area (Å²) in [4.78, 5) is 17.2. The predicted molar refractivity (Wildman–Crippen MR) is 68.1 cm³/mol. The first-order chi connectivity index (χ1) is 8.54. The number of hydrogen-bond acceptors (Lipinski definition) is 4. The average molecular weight is 250 g/mol. The number of morpholine rings is 1. The highest BCUT2D eigenvalue weighted by molar-refractivity contribution is 5.85. The van der Waals surface area contributed by atoms with E-state index in [9.17, 15) is 4.79 Å². The van der Waals surface area contributed by atoms with Gasteiger partial charge in [-0.05, 0) is 25.5 Å². The van der Waals surface area contributed by atoms with Gasteiger partial charge in [0.1, 0.15) is 5.82 Å². The van der Waals surface area contributed by atoms with E-state index < -0.39 is 5.97 Å². The number of carboxylic acids is 1. The Balaban J connectivity index is 2.21. The molecule has 2 rings (SSSR count). The Morgan fingerprint density at radius 1 is 1.61 bits per heavy atom. The van der Waals surface area contributed by atoms with E-state index in [1.807, 2.05) is 6.07 Å². The second-order valence-electron chi connectivity index (χ2n) is 4.76. The Labute approximate surface area is 106 Å². The van der Waals surface area contributed by atoms with Crippen molar-refractivity contribution in [1.29, 1.82) is 0 Å². The molecular formula is C13H18N2O3. The van der Waals surface area contributed by atoms with Crippen molar-refractivity contribution in [2.75, 3.05) is 24.6 Å². The van der Waals surface area contributed by atoms with Gasteiger partial charge in [-0.15, -0.1) is 0 Å². The van der Waals surface area contributed by atoms with Crippen molar-refractivity contribution in [3.8, 4) is 0 Å². The molecule has 18 heavy (non-hydrogen) atoms. The molecular weight excluding hydrogens is 232 g/mol. The summed E-state index contributed by atoms with van der Waals surface area (Å²) in [5.41, 5.74) is -0.101. The van der Waals surface area contributed by atoms with Crippen molar-refractivity contribution in [3.05, 3.63) is 23.9 Å². The number of rotatable bonds is 3. The maximum absolute atomic E-state index is 10.9. The Hall–Kier alpha value is -1.62. The summed E-state index contributed by atoms with van der Waals surface area (Å²) in [5, 5.41) is 8.95. The van der Waals surface area contributed by atoms with E-state index in [0.717, 1.165) is 19.5 Å². The lowest BCUT2D eigenvalue weighted by Gasteiger charge is -2.40. The van der Waals surface area contributed by atoms with Gasteiger partial charge < -0.3 is 14.7 Å². The van der Waals surface area contributed by atoms with Crippen molar-refractivity contribution < 1.29 is 14.6 Å². The number of hydrogen-bond donors (Lipinski definition) is 1. The average Bonchev–Trinajstić information content (AvgIpc) is 2.39. The zero-order chi connectivity index (χ0) is 13.2. The fourth-order valence-corrected chi connectivity index (χ4v) is 2.06. The van der Waals surface area contributed by atoms with Gasteiger partial charge in [-0.2, -0.15) is 0 Å². The molecule has 2 heterocycles.